The summed E-state index contributed by atoms with van der Waals surface area (Å²) in [7, 11) is 1.29. The average molecular weight is 319 g/mol. The van der Waals surface area contributed by atoms with Crippen LogP contribution in [0.25, 0.3) is 0 Å². The molecule has 1 aliphatic rings. The summed E-state index contributed by atoms with van der Waals surface area (Å²) in [5, 5.41) is 0. The molecule has 0 radical (unpaired) electrons. The minimum absolute atomic E-state index is 0.159. The first-order valence-corrected chi connectivity index (χ1v) is 7.98. The fourth-order valence-electron chi connectivity index (χ4n) is 3.19. The van der Waals surface area contributed by atoms with Gasteiger partial charge in [-0.3, -0.25) is 9.59 Å². The molecule has 5 nitrogen and oxygen atoms in total. The molecule has 0 aromatic heterocycles. The van der Waals surface area contributed by atoms with Gasteiger partial charge in [0.2, 0.25) is 0 Å². The molecule has 1 aliphatic carbocycles. The molecule has 126 valence electrons. The topological polar surface area (TPSA) is 78.6 Å². The van der Waals surface area contributed by atoms with Crippen LogP contribution in [0.15, 0.2) is 30.3 Å². The zero-order valence-electron chi connectivity index (χ0n) is 13.8. The van der Waals surface area contributed by atoms with Crippen molar-refractivity contribution in [2.24, 2.45) is 17.6 Å². The van der Waals surface area contributed by atoms with Crippen molar-refractivity contribution in [2.75, 3.05) is 7.11 Å². The smallest absolute Gasteiger partial charge is 0.320 e. The Kier molecular flexibility index (Phi) is 5.77. The number of methoxy groups -OCH3 is 1. The van der Waals surface area contributed by atoms with Crippen LogP contribution in [0.4, 0.5) is 0 Å². The maximum atomic E-state index is 12.3. The lowest BCUT2D eigenvalue weighted by Crippen LogP contribution is -2.33. The molecule has 1 aromatic carbocycles. The average Bonchev–Trinajstić information content (AvgIpc) is 2.89. The van der Waals surface area contributed by atoms with Crippen LogP contribution in [0.3, 0.4) is 0 Å². The molecule has 0 saturated heterocycles. The van der Waals surface area contributed by atoms with Crippen molar-refractivity contribution in [3.05, 3.63) is 35.9 Å². The van der Waals surface area contributed by atoms with Gasteiger partial charge in [0.1, 0.15) is 6.61 Å². The van der Waals surface area contributed by atoms with E-state index in [2.05, 4.69) is 0 Å². The van der Waals surface area contributed by atoms with Crippen molar-refractivity contribution in [1.29, 1.82) is 0 Å². The first kappa shape index (κ1) is 17.5. The molecule has 3 unspecified atom stereocenters. The molecule has 3 atom stereocenters. The third kappa shape index (κ3) is 5.06. The number of esters is 2. The molecule has 23 heavy (non-hydrogen) atoms. The number of benzene rings is 1. The molecule has 2 rings (SSSR count). The zero-order chi connectivity index (χ0) is 16.9. The molecule has 0 spiro atoms. The van der Waals surface area contributed by atoms with Gasteiger partial charge in [-0.15, -0.1) is 0 Å². The van der Waals surface area contributed by atoms with E-state index in [1.165, 1.54) is 7.11 Å². The summed E-state index contributed by atoms with van der Waals surface area (Å²) in [6, 6.07) is 9.39. The number of carbonyl (C=O) groups excluding carboxylic acids is 2. The minimum Gasteiger partial charge on any atom is -0.468 e. The number of nitrogens with two attached hydrogens (primary N) is 1. The molecule has 0 amide bonds. The summed E-state index contributed by atoms with van der Waals surface area (Å²) in [6.07, 6.45) is 3.08. The maximum absolute atomic E-state index is 12.3. The van der Waals surface area contributed by atoms with Crippen LogP contribution in [0.2, 0.25) is 0 Å². The van der Waals surface area contributed by atoms with Crippen molar-refractivity contribution in [2.45, 2.75) is 44.8 Å². The van der Waals surface area contributed by atoms with Gasteiger partial charge in [0, 0.05) is 5.54 Å². The Morgan fingerprint density at radius 2 is 2.00 bits per heavy atom. The second kappa shape index (κ2) is 7.59. The van der Waals surface area contributed by atoms with Crippen LogP contribution in [-0.2, 0) is 25.7 Å². The SMILES string of the molecule is COC(=O)C(CC1CCC(C)(N)C1)C(=O)OCc1ccccc1. The number of hydrogen-bond donors (Lipinski definition) is 1. The van der Waals surface area contributed by atoms with Crippen molar-refractivity contribution in [1.82, 2.24) is 0 Å². The maximum Gasteiger partial charge on any atom is 0.320 e. The van der Waals surface area contributed by atoms with E-state index in [0.717, 1.165) is 24.8 Å². The van der Waals surface area contributed by atoms with Gasteiger partial charge in [-0.25, -0.2) is 0 Å². The number of rotatable bonds is 6. The number of ether oxygens (including phenoxy) is 2. The lowest BCUT2D eigenvalue weighted by atomic mass is 9.91. The highest BCUT2D eigenvalue weighted by atomic mass is 16.5. The Hall–Kier alpha value is -1.88. The molecular weight excluding hydrogens is 294 g/mol. The lowest BCUT2D eigenvalue weighted by molar-refractivity contribution is -0.162. The van der Waals surface area contributed by atoms with Gasteiger partial charge in [0.05, 0.1) is 7.11 Å². The van der Waals surface area contributed by atoms with Crippen LogP contribution in [0.1, 0.15) is 38.2 Å². The standard InChI is InChI=1S/C18H25NO4/c1-18(19)9-8-14(11-18)10-15(16(20)22-2)17(21)23-12-13-6-4-3-5-7-13/h3-7,14-15H,8-12,19H2,1-2H3. The Labute approximate surface area is 137 Å². The summed E-state index contributed by atoms with van der Waals surface area (Å²) >= 11 is 0. The van der Waals surface area contributed by atoms with Crippen molar-refractivity contribution in [3.8, 4) is 0 Å². The van der Waals surface area contributed by atoms with Crippen molar-refractivity contribution < 1.29 is 19.1 Å². The molecule has 2 N–H and O–H groups in total. The molecular formula is C18H25NO4. The highest BCUT2D eigenvalue weighted by molar-refractivity contribution is 5.94. The van der Waals surface area contributed by atoms with E-state index in [4.69, 9.17) is 15.2 Å². The highest BCUT2D eigenvalue weighted by Crippen LogP contribution is 2.36. The molecule has 5 heteroatoms. The molecule has 1 saturated carbocycles. The van der Waals surface area contributed by atoms with Crippen molar-refractivity contribution >= 4 is 11.9 Å². The molecule has 0 heterocycles. The van der Waals surface area contributed by atoms with Gasteiger partial charge in [-0.05, 0) is 44.1 Å². The number of hydrogen-bond acceptors (Lipinski definition) is 5. The minimum atomic E-state index is -0.873. The summed E-state index contributed by atoms with van der Waals surface area (Å²) in [4.78, 5) is 24.3. The third-order valence-corrected chi connectivity index (χ3v) is 4.44. The fourth-order valence-corrected chi connectivity index (χ4v) is 3.19. The predicted molar refractivity (Wildman–Crippen MR) is 86.3 cm³/mol. The second-order valence-electron chi connectivity index (χ2n) is 6.67. The first-order valence-electron chi connectivity index (χ1n) is 7.98. The van der Waals surface area contributed by atoms with E-state index >= 15 is 0 Å². The van der Waals surface area contributed by atoms with Crippen LogP contribution in [-0.4, -0.2) is 24.6 Å². The summed E-state index contributed by atoms with van der Waals surface area (Å²) in [5.74, 6) is -1.68. The second-order valence-corrected chi connectivity index (χ2v) is 6.67. The summed E-state index contributed by atoms with van der Waals surface area (Å²) < 4.78 is 10.1. The van der Waals surface area contributed by atoms with Gasteiger partial charge < -0.3 is 15.2 Å². The van der Waals surface area contributed by atoms with Crippen LogP contribution in [0, 0.1) is 11.8 Å². The van der Waals surface area contributed by atoms with Gasteiger partial charge in [0.25, 0.3) is 0 Å². The Bertz CT molecular complexity index is 541. The number of carbonyl (C=O) groups is 2. The van der Waals surface area contributed by atoms with Crippen molar-refractivity contribution in [3.63, 3.8) is 0 Å². The van der Waals surface area contributed by atoms with Crippen LogP contribution >= 0.6 is 0 Å². The van der Waals surface area contributed by atoms with E-state index < -0.39 is 17.9 Å². The normalized spacial score (nSPS) is 24.9. The largest absolute Gasteiger partial charge is 0.468 e. The molecule has 0 aliphatic heterocycles. The third-order valence-electron chi connectivity index (χ3n) is 4.44. The van der Waals surface area contributed by atoms with Gasteiger partial charge in [-0.1, -0.05) is 30.3 Å². The predicted octanol–water partition coefficient (Wildman–Crippen LogP) is 2.43. The molecule has 0 bridgehead atoms. The van der Waals surface area contributed by atoms with Crippen LogP contribution in [0.5, 0.6) is 0 Å². The van der Waals surface area contributed by atoms with Gasteiger partial charge >= 0.3 is 11.9 Å². The lowest BCUT2D eigenvalue weighted by Gasteiger charge is -2.20. The van der Waals surface area contributed by atoms with E-state index in [-0.39, 0.29) is 18.1 Å². The van der Waals surface area contributed by atoms with Crippen LogP contribution < -0.4 is 5.73 Å². The van der Waals surface area contributed by atoms with Gasteiger partial charge in [-0.2, -0.15) is 0 Å². The monoisotopic (exact) mass is 319 g/mol. The zero-order valence-corrected chi connectivity index (χ0v) is 13.8. The highest BCUT2D eigenvalue weighted by Gasteiger charge is 2.38. The first-order chi connectivity index (χ1) is 10.9. The summed E-state index contributed by atoms with van der Waals surface area (Å²) in [5.41, 5.74) is 6.81. The quantitative estimate of drug-likeness (QED) is 0.643. The van der Waals surface area contributed by atoms with E-state index in [9.17, 15) is 9.59 Å². The Morgan fingerprint density at radius 3 is 2.57 bits per heavy atom. The van der Waals surface area contributed by atoms with E-state index in [0.29, 0.717) is 6.42 Å². The molecule has 1 fully saturated rings. The molecule has 1 aromatic rings. The van der Waals surface area contributed by atoms with E-state index in [1.54, 1.807) is 0 Å². The fraction of sp³-hybridized carbons (Fsp3) is 0.556. The Morgan fingerprint density at radius 1 is 1.30 bits per heavy atom. The Balaban J connectivity index is 1.94. The summed E-state index contributed by atoms with van der Waals surface area (Å²) in [6.45, 7) is 2.17. The van der Waals surface area contributed by atoms with E-state index in [1.807, 2.05) is 37.3 Å². The van der Waals surface area contributed by atoms with Gasteiger partial charge in [0.15, 0.2) is 5.92 Å².